The highest BCUT2D eigenvalue weighted by molar-refractivity contribution is 5.97. The van der Waals surface area contributed by atoms with Crippen molar-refractivity contribution in [3.63, 3.8) is 0 Å². The van der Waals surface area contributed by atoms with Crippen LogP contribution < -0.4 is 10.6 Å². The van der Waals surface area contributed by atoms with E-state index in [-0.39, 0.29) is 11.9 Å². The van der Waals surface area contributed by atoms with Crippen LogP contribution in [-0.4, -0.2) is 39.9 Å². The average Bonchev–Trinajstić information content (AvgIpc) is 2.95. The first-order valence-corrected chi connectivity index (χ1v) is 5.94. The molecule has 96 valence electrons. The fourth-order valence-corrected chi connectivity index (χ4v) is 2.13. The summed E-state index contributed by atoms with van der Waals surface area (Å²) >= 11 is 0. The van der Waals surface area contributed by atoms with Crippen molar-refractivity contribution in [2.45, 2.75) is 12.5 Å². The molecule has 1 aliphatic heterocycles. The maximum Gasteiger partial charge on any atom is 0.307 e. The molecule has 3 N–H and O–H groups in total. The molecule has 0 radical (unpaired) electrons. The molecule has 1 aromatic heterocycles. The summed E-state index contributed by atoms with van der Waals surface area (Å²) in [6, 6.07) is 2.00. The van der Waals surface area contributed by atoms with Gasteiger partial charge < -0.3 is 15.7 Å². The van der Waals surface area contributed by atoms with Gasteiger partial charge in [-0.3, -0.25) is 9.59 Å². The van der Waals surface area contributed by atoms with Crippen LogP contribution in [0.15, 0.2) is 12.3 Å². The molecule has 1 amide bonds. The Hall–Kier alpha value is -1.89. The van der Waals surface area contributed by atoms with Crippen LogP contribution in [0.1, 0.15) is 12.5 Å². The number of nitrogens with one attached hydrogen (secondary N) is 2. The van der Waals surface area contributed by atoms with Crippen molar-refractivity contribution < 1.29 is 14.7 Å². The summed E-state index contributed by atoms with van der Waals surface area (Å²) in [5.41, 5.74) is 0. The van der Waals surface area contributed by atoms with Gasteiger partial charge in [-0.2, -0.15) is 5.10 Å². The third-order valence-electron chi connectivity index (χ3n) is 3.47. The number of carbonyl (C=O) groups is 2. The van der Waals surface area contributed by atoms with Crippen LogP contribution in [0.3, 0.4) is 0 Å². The van der Waals surface area contributed by atoms with Gasteiger partial charge in [-0.25, -0.2) is 4.68 Å². The molecule has 2 fully saturated rings. The van der Waals surface area contributed by atoms with Gasteiger partial charge in [-0.15, -0.1) is 0 Å². The first kappa shape index (κ1) is 11.2. The molecule has 1 aromatic rings. The number of hydrogen-bond donors (Lipinski definition) is 3. The van der Waals surface area contributed by atoms with Crippen LogP contribution >= 0.6 is 0 Å². The molecule has 7 heteroatoms. The lowest BCUT2D eigenvalue weighted by Gasteiger charge is -2.28. The third-order valence-corrected chi connectivity index (χ3v) is 3.47. The Morgan fingerprint density at radius 1 is 1.44 bits per heavy atom. The van der Waals surface area contributed by atoms with Crippen LogP contribution in [0.4, 0.5) is 5.82 Å². The maximum absolute atomic E-state index is 11.8. The van der Waals surface area contributed by atoms with E-state index < -0.39 is 17.8 Å². The Labute approximate surface area is 103 Å². The number of amides is 1. The molecule has 2 atom stereocenters. The lowest BCUT2D eigenvalue weighted by atomic mass is 10.2. The fraction of sp³-hybridized carbons (Fsp3) is 0.545. The Kier molecular flexibility index (Phi) is 2.55. The van der Waals surface area contributed by atoms with E-state index in [4.69, 9.17) is 5.11 Å². The van der Waals surface area contributed by atoms with Crippen LogP contribution in [0.5, 0.6) is 0 Å². The summed E-state index contributed by atoms with van der Waals surface area (Å²) < 4.78 is 1.77. The van der Waals surface area contributed by atoms with Crippen molar-refractivity contribution in [2.75, 3.05) is 18.4 Å². The van der Waals surface area contributed by atoms with Gasteiger partial charge in [0.25, 0.3) is 0 Å². The molecule has 2 aliphatic rings. The number of anilines is 1. The van der Waals surface area contributed by atoms with Gasteiger partial charge in [0.1, 0.15) is 5.82 Å². The predicted octanol–water partition coefficient (Wildman–Crippen LogP) is -0.313. The summed E-state index contributed by atoms with van der Waals surface area (Å²) in [6.45, 7) is 1.68. The zero-order chi connectivity index (χ0) is 12.7. The highest BCUT2D eigenvalue weighted by Crippen LogP contribution is 2.39. The van der Waals surface area contributed by atoms with Crippen LogP contribution in [0.2, 0.25) is 0 Å². The van der Waals surface area contributed by atoms with Crippen molar-refractivity contribution in [2.24, 2.45) is 11.8 Å². The van der Waals surface area contributed by atoms with Gasteiger partial charge in [0.15, 0.2) is 0 Å². The van der Waals surface area contributed by atoms with E-state index in [1.807, 2.05) is 0 Å². The summed E-state index contributed by atoms with van der Waals surface area (Å²) in [6.07, 6.45) is 2.07. The topological polar surface area (TPSA) is 96.2 Å². The Morgan fingerprint density at radius 3 is 2.78 bits per heavy atom. The van der Waals surface area contributed by atoms with E-state index in [0.29, 0.717) is 12.2 Å². The van der Waals surface area contributed by atoms with Crippen molar-refractivity contribution >= 4 is 17.7 Å². The smallest absolute Gasteiger partial charge is 0.307 e. The number of carboxylic acid groups (broad SMARTS) is 1. The highest BCUT2D eigenvalue weighted by atomic mass is 16.4. The van der Waals surface area contributed by atoms with Crippen LogP contribution in [-0.2, 0) is 9.59 Å². The second-order valence-corrected chi connectivity index (χ2v) is 4.75. The Bertz CT molecular complexity index is 494. The zero-order valence-corrected chi connectivity index (χ0v) is 9.67. The van der Waals surface area contributed by atoms with Gasteiger partial charge in [0, 0.05) is 19.2 Å². The van der Waals surface area contributed by atoms with Crippen molar-refractivity contribution in [1.82, 2.24) is 15.1 Å². The average molecular weight is 250 g/mol. The van der Waals surface area contributed by atoms with Gasteiger partial charge >= 0.3 is 5.97 Å². The minimum atomic E-state index is -0.896. The molecule has 7 nitrogen and oxygen atoms in total. The molecule has 0 aromatic carbocycles. The number of nitrogens with zero attached hydrogens (tertiary/aromatic N) is 2. The first-order valence-electron chi connectivity index (χ1n) is 5.94. The standard InChI is InChI=1S/C11H14N4O3/c16-10(7-3-8(7)11(17)18)14-9-1-2-13-15(9)6-4-12-5-6/h1-2,6-8,12H,3-5H2,(H,14,16)(H,17,18)/t7-,8-/m1/s1. The molecular weight excluding hydrogens is 236 g/mol. The predicted molar refractivity (Wildman–Crippen MR) is 62.0 cm³/mol. The van der Waals surface area contributed by atoms with E-state index in [1.54, 1.807) is 16.9 Å². The lowest BCUT2D eigenvalue weighted by Crippen LogP contribution is -2.44. The number of hydrogen-bond acceptors (Lipinski definition) is 4. The number of rotatable bonds is 4. The van der Waals surface area contributed by atoms with Gasteiger partial charge in [0.05, 0.1) is 24.1 Å². The van der Waals surface area contributed by atoms with Crippen molar-refractivity contribution in [3.05, 3.63) is 12.3 Å². The van der Waals surface area contributed by atoms with Gasteiger partial charge in [-0.1, -0.05) is 0 Å². The van der Waals surface area contributed by atoms with E-state index in [9.17, 15) is 9.59 Å². The number of carboxylic acids is 1. The second kappa shape index (κ2) is 4.09. The second-order valence-electron chi connectivity index (χ2n) is 4.75. The summed E-state index contributed by atoms with van der Waals surface area (Å²) in [5.74, 6) is -1.40. The third kappa shape index (κ3) is 1.86. The van der Waals surface area contributed by atoms with E-state index in [1.165, 1.54) is 0 Å². The van der Waals surface area contributed by atoms with E-state index in [0.717, 1.165) is 13.1 Å². The largest absolute Gasteiger partial charge is 0.481 e. The quantitative estimate of drug-likeness (QED) is 0.681. The zero-order valence-electron chi connectivity index (χ0n) is 9.67. The molecule has 2 heterocycles. The molecule has 0 bridgehead atoms. The van der Waals surface area contributed by atoms with Gasteiger partial charge in [0.2, 0.25) is 5.91 Å². The summed E-state index contributed by atoms with van der Waals surface area (Å²) in [7, 11) is 0. The molecule has 1 aliphatic carbocycles. The minimum Gasteiger partial charge on any atom is -0.481 e. The number of carbonyl (C=O) groups excluding carboxylic acids is 1. The normalized spacial score (nSPS) is 26.4. The number of aliphatic carboxylic acids is 1. The lowest BCUT2D eigenvalue weighted by molar-refractivity contribution is -0.139. The molecular formula is C11H14N4O3. The minimum absolute atomic E-state index is 0.226. The van der Waals surface area contributed by atoms with Crippen molar-refractivity contribution in [1.29, 1.82) is 0 Å². The molecule has 0 unspecified atom stereocenters. The fourth-order valence-electron chi connectivity index (χ4n) is 2.13. The maximum atomic E-state index is 11.8. The Morgan fingerprint density at radius 2 is 2.22 bits per heavy atom. The van der Waals surface area contributed by atoms with E-state index in [2.05, 4.69) is 15.7 Å². The first-order chi connectivity index (χ1) is 8.66. The Balaban J connectivity index is 1.64. The molecule has 1 saturated carbocycles. The van der Waals surface area contributed by atoms with Crippen LogP contribution in [0, 0.1) is 11.8 Å². The summed E-state index contributed by atoms with van der Waals surface area (Å²) in [5, 5.41) is 18.8. The summed E-state index contributed by atoms with van der Waals surface area (Å²) in [4.78, 5) is 22.5. The monoisotopic (exact) mass is 250 g/mol. The highest BCUT2D eigenvalue weighted by Gasteiger charge is 2.48. The molecule has 18 heavy (non-hydrogen) atoms. The SMILES string of the molecule is O=C(O)[C@@H]1C[C@H]1C(=O)Nc1ccnn1C1CNC1. The molecule has 3 rings (SSSR count). The van der Waals surface area contributed by atoms with E-state index >= 15 is 0 Å². The number of aromatic nitrogens is 2. The molecule has 1 saturated heterocycles. The van der Waals surface area contributed by atoms with Crippen LogP contribution in [0.25, 0.3) is 0 Å². The molecule has 0 spiro atoms. The van der Waals surface area contributed by atoms with Gasteiger partial charge in [-0.05, 0) is 6.42 Å². The van der Waals surface area contributed by atoms with Crippen molar-refractivity contribution in [3.8, 4) is 0 Å².